The first-order valence-electron chi connectivity index (χ1n) is 18.9. The van der Waals surface area contributed by atoms with Gasteiger partial charge in [-0.1, -0.05) is 116 Å². The number of ether oxygens (including phenoxy) is 2. The van der Waals surface area contributed by atoms with Crippen molar-refractivity contribution in [3.8, 4) is 0 Å². The van der Waals surface area contributed by atoms with Gasteiger partial charge in [0.15, 0.2) is 6.29 Å². The second-order valence-electron chi connectivity index (χ2n) is 14.0. The number of nitrogens with one attached hydrogen (secondary N) is 1. The van der Waals surface area contributed by atoms with Crippen molar-refractivity contribution in [3.05, 3.63) is 12.2 Å². The summed E-state index contributed by atoms with van der Waals surface area (Å²) >= 11 is 0. The van der Waals surface area contributed by atoms with E-state index >= 15 is 0 Å². The smallest absolute Gasteiger partial charge is 0.332 e. The lowest BCUT2D eigenvalue weighted by molar-refractivity contribution is -0.870. The molecule has 46 heavy (non-hydrogen) atoms. The van der Waals surface area contributed by atoms with Gasteiger partial charge in [-0.3, -0.25) is 4.79 Å². The number of quaternary nitrogens is 1. The molecule has 0 aromatic heterocycles. The fraction of sp³-hybridized carbons (Fsp3) is 0.919. The predicted octanol–water partition coefficient (Wildman–Crippen LogP) is 9.61. The van der Waals surface area contributed by atoms with E-state index in [2.05, 4.69) is 52.5 Å². The van der Waals surface area contributed by atoms with Gasteiger partial charge in [-0.2, -0.15) is 0 Å². The van der Waals surface area contributed by atoms with Crippen molar-refractivity contribution in [1.29, 1.82) is 0 Å². The highest BCUT2D eigenvalue weighted by Crippen LogP contribution is 2.38. The zero-order valence-corrected chi connectivity index (χ0v) is 31.8. The topological polar surface area (TPSA) is 75.2 Å². The molecule has 0 spiro atoms. The second kappa shape index (κ2) is 29.3. The third kappa shape index (κ3) is 25.4. The van der Waals surface area contributed by atoms with E-state index in [1.165, 1.54) is 89.9 Å². The molecule has 1 saturated heterocycles. The maximum atomic E-state index is 13.1. The van der Waals surface area contributed by atoms with Crippen LogP contribution in [0.15, 0.2) is 12.2 Å². The number of likely N-dealkylation sites (N-methyl/N-ethyl adjacent to an activating group) is 1. The average Bonchev–Trinajstić information content (AvgIpc) is 3.03. The first-order chi connectivity index (χ1) is 22.3. The number of carbonyl (C=O) groups is 1. The van der Waals surface area contributed by atoms with E-state index in [9.17, 15) is 4.79 Å². The first kappa shape index (κ1) is 43.4. The standard InChI is InChI=1S/C37H73N2O6P/c1-7-9-11-13-14-15-16-17-18-19-20-22-23-27-35(45-37-29-25-26-31-42-37)34(38-36(40)28-24-21-12-10-8-2)33-44-46(41-6)43-32-30-39(3,4)5/h23,27,34-35,37H,7-22,24-26,28-33H2,1-6H3/p+1/b27-23+/t34-,35+,37?,46?/m0/s1. The molecule has 0 aromatic carbocycles. The number of allylic oxidation sites excluding steroid dienone is 1. The molecule has 1 fully saturated rings. The molecule has 0 bridgehead atoms. The summed E-state index contributed by atoms with van der Waals surface area (Å²) in [7, 11) is 6.47. The molecule has 8 nitrogen and oxygen atoms in total. The fourth-order valence-corrected chi connectivity index (χ4v) is 6.28. The van der Waals surface area contributed by atoms with E-state index in [-0.39, 0.29) is 30.9 Å². The summed E-state index contributed by atoms with van der Waals surface area (Å²) in [5, 5.41) is 3.25. The Morgan fingerprint density at radius 1 is 0.870 bits per heavy atom. The molecule has 1 heterocycles. The van der Waals surface area contributed by atoms with Crippen LogP contribution >= 0.6 is 8.60 Å². The van der Waals surface area contributed by atoms with Crippen molar-refractivity contribution in [1.82, 2.24) is 5.32 Å². The highest BCUT2D eigenvalue weighted by Gasteiger charge is 2.28. The molecule has 1 rings (SSSR count). The van der Waals surface area contributed by atoms with Crippen molar-refractivity contribution >= 4 is 14.5 Å². The fourth-order valence-electron chi connectivity index (χ4n) is 5.48. The molecule has 4 atom stereocenters. The summed E-state index contributed by atoms with van der Waals surface area (Å²) in [6, 6.07) is -0.371. The van der Waals surface area contributed by atoms with Gasteiger partial charge < -0.3 is 32.8 Å². The van der Waals surface area contributed by atoms with E-state index in [1.54, 1.807) is 7.11 Å². The molecule has 1 N–H and O–H groups in total. The highest BCUT2D eigenvalue weighted by atomic mass is 31.2. The van der Waals surface area contributed by atoms with Crippen LogP contribution in [0.4, 0.5) is 0 Å². The van der Waals surface area contributed by atoms with Crippen molar-refractivity contribution < 1.29 is 32.3 Å². The Morgan fingerprint density at radius 2 is 1.48 bits per heavy atom. The highest BCUT2D eigenvalue weighted by molar-refractivity contribution is 7.41. The largest absolute Gasteiger partial charge is 0.353 e. The van der Waals surface area contributed by atoms with Crippen LogP contribution in [0.25, 0.3) is 0 Å². The number of carbonyl (C=O) groups excluding carboxylic acids is 1. The van der Waals surface area contributed by atoms with Gasteiger partial charge in [0.05, 0.1) is 33.8 Å². The zero-order valence-electron chi connectivity index (χ0n) is 30.9. The third-order valence-corrected chi connectivity index (χ3v) is 9.52. The van der Waals surface area contributed by atoms with Crippen LogP contribution < -0.4 is 5.32 Å². The number of amides is 1. The minimum atomic E-state index is -1.54. The monoisotopic (exact) mass is 674 g/mol. The van der Waals surface area contributed by atoms with Gasteiger partial charge in [0.2, 0.25) is 5.91 Å². The van der Waals surface area contributed by atoms with Crippen LogP contribution in [0.3, 0.4) is 0 Å². The maximum absolute atomic E-state index is 13.1. The van der Waals surface area contributed by atoms with Gasteiger partial charge in [0.1, 0.15) is 19.3 Å². The number of hydrogen-bond donors (Lipinski definition) is 1. The van der Waals surface area contributed by atoms with E-state index < -0.39 is 8.60 Å². The first-order valence-corrected chi connectivity index (χ1v) is 20.0. The third-order valence-electron chi connectivity index (χ3n) is 8.46. The Kier molecular flexibility index (Phi) is 27.7. The molecule has 0 aliphatic carbocycles. The van der Waals surface area contributed by atoms with Gasteiger partial charge >= 0.3 is 8.60 Å². The van der Waals surface area contributed by atoms with Crippen molar-refractivity contribution in [2.24, 2.45) is 0 Å². The quantitative estimate of drug-likeness (QED) is 0.0342. The maximum Gasteiger partial charge on any atom is 0.332 e. The second-order valence-corrected chi connectivity index (χ2v) is 15.4. The number of unbranched alkanes of at least 4 members (excludes halogenated alkanes) is 15. The number of nitrogens with zero attached hydrogens (tertiary/aromatic N) is 1. The molecule has 1 aliphatic heterocycles. The van der Waals surface area contributed by atoms with Crippen molar-refractivity contribution in [2.75, 3.05) is 54.6 Å². The van der Waals surface area contributed by atoms with Crippen LogP contribution in [0, 0.1) is 0 Å². The van der Waals surface area contributed by atoms with Crippen molar-refractivity contribution in [2.45, 2.75) is 167 Å². The lowest BCUT2D eigenvalue weighted by Crippen LogP contribution is -2.48. The molecule has 2 unspecified atom stereocenters. The lowest BCUT2D eigenvalue weighted by Gasteiger charge is -2.32. The van der Waals surface area contributed by atoms with Crippen LogP contribution in [-0.2, 0) is 27.8 Å². The Morgan fingerprint density at radius 3 is 2.04 bits per heavy atom. The molecule has 1 amide bonds. The van der Waals surface area contributed by atoms with Gasteiger partial charge in [0, 0.05) is 20.1 Å². The van der Waals surface area contributed by atoms with E-state index in [4.69, 9.17) is 23.0 Å². The summed E-state index contributed by atoms with van der Waals surface area (Å²) in [6.45, 7) is 6.81. The lowest BCUT2D eigenvalue weighted by atomic mass is 10.0. The van der Waals surface area contributed by atoms with Gasteiger partial charge in [-0.25, -0.2) is 0 Å². The summed E-state index contributed by atoms with van der Waals surface area (Å²) in [5.41, 5.74) is 0. The Hall–Kier alpha value is -0.600. The molecule has 1 aliphatic rings. The molecular weight excluding hydrogens is 599 g/mol. The Labute approximate surface area is 285 Å². The molecular formula is C37H74N2O6P+. The SMILES string of the molecule is CCCCCCCCCCCCC/C=C/[C@@H](OC1CCCCO1)[C@H](COP(OC)OCC[N+](C)(C)C)NC(=O)CCCCCCC. The Bertz CT molecular complexity index is 729. The van der Waals surface area contributed by atoms with E-state index in [1.807, 2.05) is 0 Å². The molecule has 272 valence electrons. The molecule has 0 saturated carbocycles. The summed E-state index contributed by atoms with van der Waals surface area (Å²) in [6.07, 6.45) is 28.5. The zero-order chi connectivity index (χ0) is 33.7. The van der Waals surface area contributed by atoms with Crippen LogP contribution in [0.2, 0.25) is 0 Å². The van der Waals surface area contributed by atoms with Crippen LogP contribution in [-0.4, -0.2) is 83.4 Å². The number of rotatable bonds is 31. The van der Waals surface area contributed by atoms with Crippen molar-refractivity contribution in [3.63, 3.8) is 0 Å². The molecule has 0 aromatic rings. The summed E-state index contributed by atoms with van der Waals surface area (Å²) in [5.74, 6) is 0.0368. The van der Waals surface area contributed by atoms with Gasteiger partial charge in [-0.05, 0) is 38.5 Å². The average molecular weight is 674 g/mol. The van der Waals surface area contributed by atoms with Crippen LogP contribution in [0.5, 0.6) is 0 Å². The Balaban J connectivity index is 2.76. The normalized spacial score (nSPS) is 17.7. The van der Waals surface area contributed by atoms with Crippen LogP contribution in [0.1, 0.15) is 149 Å². The number of hydrogen-bond acceptors (Lipinski definition) is 6. The predicted molar refractivity (Wildman–Crippen MR) is 193 cm³/mol. The molecule has 9 heteroatoms. The summed E-state index contributed by atoms with van der Waals surface area (Å²) < 4.78 is 30.9. The van der Waals surface area contributed by atoms with E-state index in [0.717, 1.165) is 49.6 Å². The minimum absolute atomic E-state index is 0.0368. The van der Waals surface area contributed by atoms with Gasteiger partial charge in [-0.15, -0.1) is 0 Å². The molecule has 0 radical (unpaired) electrons. The van der Waals surface area contributed by atoms with E-state index in [0.29, 0.717) is 19.6 Å². The van der Waals surface area contributed by atoms with Gasteiger partial charge in [0.25, 0.3) is 0 Å². The minimum Gasteiger partial charge on any atom is -0.353 e. The summed E-state index contributed by atoms with van der Waals surface area (Å²) in [4.78, 5) is 13.1.